The number of thiazole rings is 1. The summed E-state index contributed by atoms with van der Waals surface area (Å²) in [6, 6.07) is 2.57. The molecule has 0 saturated heterocycles. The molecule has 3 rings (SSSR count). The number of aryl methyl sites for hydroxylation is 1. The van der Waals surface area contributed by atoms with Gasteiger partial charge in [-0.05, 0) is 29.9 Å². The fourth-order valence-corrected chi connectivity index (χ4v) is 3.96. The Morgan fingerprint density at radius 1 is 1.56 bits per heavy atom. The molecule has 0 aromatic carbocycles. The van der Waals surface area contributed by atoms with Crippen molar-refractivity contribution in [3.8, 4) is 0 Å². The van der Waals surface area contributed by atoms with Crippen molar-refractivity contribution in [2.24, 2.45) is 0 Å². The minimum Gasteiger partial charge on any atom is -0.304 e. The van der Waals surface area contributed by atoms with Gasteiger partial charge >= 0.3 is 0 Å². The topological polar surface area (TPSA) is 24.9 Å². The van der Waals surface area contributed by atoms with Crippen molar-refractivity contribution < 1.29 is 0 Å². The first kappa shape index (κ1) is 10.4. The highest BCUT2D eigenvalue weighted by Gasteiger charge is 2.24. The van der Waals surface area contributed by atoms with Crippen LogP contribution >= 0.6 is 22.7 Å². The van der Waals surface area contributed by atoms with E-state index in [1.165, 1.54) is 20.3 Å². The van der Waals surface area contributed by atoms with E-state index in [9.17, 15) is 0 Å². The number of nitrogens with one attached hydrogen (secondary N) is 1. The molecular weight excluding hydrogens is 236 g/mol. The van der Waals surface area contributed by atoms with Crippen LogP contribution in [0.25, 0.3) is 0 Å². The summed E-state index contributed by atoms with van der Waals surface area (Å²) < 4.78 is 0. The summed E-state index contributed by atoms with van der Waals surface area (Å²) in [5.41, 5.74) is 1.44. The van der Waals surface area contributed by atoms with Gasteiger partial charge in [-0.25, -0.2) is 4.98 Å². The van der Waals surface area contributed by atoms with Crippen LogP contribution in [0.1, 0.15) is 33.3 Å². The Labute approximate surface area is 103 Å². The first-order valence-corrected chi connectivity index (χ1v) is 7.32. The summed E-state index contributed by atoms with van der Waals surface area (Å²) in [5.74, 6) is 0. The smallest absolute Gasteiger partial charge is 0.114 e. The molecular formula is C12H14N2S2. The van der Waals surface area contributed by atoms with Crippen LogP contribution in [0.4, 0.5) is 0 Å². The lowest BCUT2D eigenvalue weighted by Gasteiger charge is -2.22. The van der Waals surface area contributed by atoms with Gasteiger partial charge in [-0.15, -0.1) is 22.7 Å². The summed E-state index contributed by atoms with van der Waals surface area (Å²) in [6.45, 7) is 3.25. The van der Waals surface area contributed by atoms with Gasteiger partial charge in [0.15, 0.2) is 0 Å². The number of thiophene rings is 1. The van der Waals surface area contributed by atoms with Crippen LogP contribution < -0.4 is 5.32 Å². The van der Waals surface area contributed by atoms with Gasteiger partial charge in [0.2, 0.25) is 0 Å². The van der Waals surface area contributed by atoms with Crippen LogP contribution in [0.5, 0.6) is 0 Å². The van der Waals surface area contributed by atoms with Crippen LogP contribution in [0, 0.1) is 0 Å². The van der Waals surface area contributed by atoms with Gasteiger partial charge in [-0.2, -0.15) is 0 Å². The number of rotatable bonds is 2. The molecule has 2 nitrogen and oxygen atoms in total. The molecule has 0 saturated carbocycles. The zero-order valence-electron chi connectivity index (χ0n) is 9.19. The van der Waals surface area contributed by atoms with Crippen LogP contribution in [-0.4, -0.2) is 11.5 Å². The molecule has 0 fully saturated rings. The maximum Gasteiger partial charge on any atom is 0.114 e. The Morgan fingerprint density at radius 2 is 2.50 bits per heavy atom. The second-order valence-corrected chi connectivity index (χ2v) is 6.10. The number of aromatic nitrogens is 1. The molecule has 1 aliphatic rings. The first-order valence-electron chi connectivity index (χ1n) is 5.62. The van der Waals surface area contributed by atoms with E-state index in [1.807, 2.05) is 28.9 Å². The Hall–Kier alpha value is -0.710. The maximum atomic E-state index is 4.55. The second-order valence-electron chi connectivity index (χ2n) is 3.95. The summed E-state index contributed by atoms with van der Waals surface area (Å²) in [5, 5.41) is 6.98. The van der Waals surface area contributed by atoms with E-state index in [-0.39, 0.29) is 0 Å². The molecule has 4 heteroatoms. The van der Waals surface area contributed by atoms with E-state index in [1.54, 1.807) is 0 Å². The lowest BCUT2D eigenvalue weighted by molar-refractivity contribution is 0.572. The standard InChI is InChI=1S/C12H14N2S2/c1-2-8-7-14-12(16-8)11-9-4-6-15-10(9)3-5-13-11/h4,6-7,11,13H,2-3,5H2,1H3. The summed E-state index contributed by atoms with van der Waals surface area (Å²) in [6.07, 6.45) is 4.26. The molecule has 84 valence electrons. The molecule has 1 unspecified atom stereocenters. The maximum absolute atomic E-state index is 4.55. The fraction of sp³-hybridized carbons (Fsp3) is 0.417. The highest BCUT2D eigenvalue weighted by Crippen LogP contribution is 2.33. The number of fused-ring (bicyclic) bond motifs is 1. The summed E-state index contributed by atoms with van der Waals surface area (Å²) >= 11 is 3.71. The minimum atomic E-state index is 0.334. The summed E-state index contributed by atoms with van der Waals surface area (Å²) in [7, 11) is 0. The van der Waals surface area contributed by atoms with Crippen LogP contribution in [-0.2, 0) is 12.8 Å². The molecule has 0 spiro atoms. The summed E-state index contributed by atoms with van der Waals surface area (Å²) in [4.78, 5) is 7.45. The monoisotopic (exact) mass is 250 g/mol. The number of hydrogen-bond donors (Lipinski definition) is 1. The minimum absolute atomic E-state index is 0.334. The van der Waals surface area contributed by atoms with Gasteiger partial charge in [0.1, 0.15) is 5.01 Å². The molecule has 3 heterocycles. The molecule has 0 amide bonds. The van der Waals surface area contributed by atoms with Gasteiger partial charge in [-0.1, -0.05) is 6.92 Å². The normalized spacial score (nSPS) is 19.7. The lowest BCUT2D eigenvalue weighted by Crippen LogP contribution is -2.29. The van der Waals surface area contributed by atoms with Crippen molar-refractivity contribution in [2.75, 3.05) is 6.54 Å². The Bertz CT molecular complexity index is 487. The van der Waals surface area contributed by atoms with Gasteiger partial charge in [0.25, 0.3) is 0 Å². The highest BCUT2D eigenvalue weighted by molar-refractivity contribution is 7.12. The molecule has 16 heavy (non-hydrogen) atoms. The molecule has 2 aromatic rings. The predicted octanol–water partition coefficient (Wildman–Crippen LogP) is 3.00. The Morgan fingerprint density at radius 3 is 3.31 bits per heavy atom. The van der Waals surface area contributed by atoms with Crippen LogP contribution in [0.15, 0.2) is 17.6 Å². The molecule has 1 aliphatic heterocycles. The average molecular weight is 250 g/mol. The van der Waals surface area contributed by atoms with Gasteiger partial charge in [0.05, 0.1) is 6.04 Å². The van der Waals surface area contributed by atoms with E-state index in [0.29, 0.717) is 6.04 Å². The molecule has 0 bridgehead atoms. The SMILES string of the molecule is CCc1cnc(C2NCCc3sccc32)s1. The van der Waals surface area contributed by atoms with Crippen molar-refractivity contribution in [3.05, 3.63) is 38.0 Å². The van der Waals surface area contributed by atoms with Crippen molar-refractivity contribution >= 4 is 22.7 Å². The van der Waals surface area contributed by atoms with E-state index in [4.69, 9.17) is 0 Å². The van der Waals surface area contributed by atoms with Crippen LogP contribution in [0.3, 0.4) is 0 Å². The quantitative estimate of drug-likeness (QED) is 0.886. The first-order chi connectivity index (χ1) is 7.88. The van der Waals surface area contributed by atoms with E-state index in [2.05, 4.69) is 28.7 Å². The predicted molar refractivity (Wildman–Crippen MR) is 69.4 cm³/mol. The van der Waals surface area contributed by atoms with E-state index >= 15 is 0 Å². The van der Waals surface area contributed by atoms with E-state index < -0.39 is 0 Å². The zero-order chi connectivity index (χ0) is 11.0. The van der Waals surface area contributed by atoms with Crippen molar-refractivity contribution in [1.29, 1.82) is 0 Å². The van der Waals surface area contributed by atoms with Gasteiger partial charge in [0, 0.05) is 22.5 Å². The third-order valence-electron chi connectivity index (χ3n) is 2.96. The molecule has 1 N–H and O–H groups in total. The molecule has 0 radical (unpaired) electrons. The molecule has 0 aliphatic carbocycles. The average Bonchev–Trinajstić information content (AvgIpc) is 2.97. The number of nitrogens with zero attached hydrogens (tertiary/aromatic N) is 1. The zero-order valence-corrected chi connectivity index (χ0v) is 10.8. The fourth-order valence-electron chi connectivity index (χ4n) is 2.09. The molecule has 1 atom stereocenters. The van der Waals surface area contributed by atoms with Gasteiger partial charge in [-0.3, -0.25) is 0 Å². The number of hydrogen-bond acceptors (Lipinski definition) is 4. The van der Waals surface area contributed by atoms with Crippen molar-refractivity contribution in [2.45, 2.75) is 25.8 Å². The van der Waals surface area contributed by atoms with Crippen LogP contribution in [0.2, 0.25) is 0 Å². The third kappa shape index (κ3) is 1.71. The highest BCUT2D eigenvalue weighted by atomic mass is 32.1. The van der Waals surface area contributed by atoms with Crippen molar-refractivity contribution in [1.82, 2.24) is 10.3 Å². The second kappa shape index (κ2) is 4.28. The largest absolute Gasteiger partial charge is 0.304 e. The van der Waals surface area contributed by atoms with E-state index in [0.717, 1.165) is 19.4 Å². The Kier molecular flexibility index (Phi) is 2.79. The third-order valence-corrected chi connectivity index (χ3v) is 5.16. The Balaban J connectivity index is 1.97. The van der Waals surface area contributed by atoms with Gasteiger partial charge < -0.3 is 5.32 Å². The van der Waals surface area contributed by atoms with Crippen molar-refractivity contribution in [3.63, 3.8) is 0 Å². The lowest BCUT2D eigenvalue weighted by atomic mass is 10.0. The molecule has 2 aromatic heterocycles.